The Bertz CT molecular complexity index is 554. The van der Waals surface area contributed by atoms with Gasteiger partial charge in [-0.25, -0.2) is 0 Å². The molecule has 0 bridgehead atoms. The summed E-state index contributed by atoms with van der Waals surface area (Å²) in [7, 11) is 0. The summed E-state index contributed by atoms with van der Waals surface area (Å²) >= 11 is 3.23. The van der Waals surface area contributed by atoms with Crippen LogP contribution in [-0.2, 0) is 4.79 Å². The maximum absolute atomic E-state index is 11.9. The van der Waals surface area contributed by atoms with E-state index >= 15 is 0 Å². The predicted octanol–water partition coefficient (Wildman–Crippen LogP) is 3.51. The molecule has 0 atom stereocenters. The molecule has 0 aromatic carbocycles. The minimum atomic E-state index is -0.0865. The van der Waals surface area contributed by atoms with Crippen molar-refractivity contribution < 1.29 is 4.79 Å². The largest absolute Gasteiger partial charge is 0.351 e. The third-order valence-corrected chi connectivity index (χ3v) is 5.26. The van der Waals surface area contributed by atoms with Crippen molar-refractivity contribution in [3.05, 3.63) is 26.8 Å². The minimum absolute atomic E-state index is 0.0865. The first kappa shape index (κ1) is 12.9. The van der Waals surface area contributed by atoms with E-state index in [-0.39, 0.29) is 5.91 Å². The van der Waals surface area contributed by atoms with Crippen LogP contribution in [0.1, 0.15) is 29.0 Å². The molecule has 1 amide bonds. The summed E-state index contributed by atoms with van der Waals surface area (Å²) in [5.41, 5.74) is 0. The topological polar surface area (TPSA) is 32.7 Å². The van der Waals surface area contributed by atoms with Gasteiger partial charge in [0.1, 0.15) is 0 Å². The van der Waals surface area contributed by atoms with Crippen LogP contribution >= 0.6 is 23.1 Å². The zero-order chi connectivity index (χ0) is 13.2. The van der Waals surface area contributed by atoms with Gasteiger partial charge in [-0.15, -0.1) is 11.3 Å². The first-order chi connectivity index (χ1) is 9.22. The molecule has 2 aliphatic heterocycles. The van der Waals surface area contributed by atoms with E-state index in [1.807, 2.05) is 6.08 Å². The summed E-state index contributed by atoms with van der Waals surface area (Å²) in [6.07, 6.45) is 5.67. The Morgan fingerprint density at radius 3 is 2.74 bits per heavy atom. The Kier molecular flexibility index (Phi) is 3.75. The molecular weight excluding hydrogens is 276 g/mol. The quantitative estimate of drug-likeness (QED) is 0.743. The van der Waals surface area contributed by atoms with Crippen LogP contribution < -0.4 is 0 Å². The molecule has 3 rings (SSSR count). The van der Waals surface area contributed by atoms with E-state index in [1.54, 1.807) is 11.3 Å². The average Bonchev–Trinajstić information content (AvgIpc) is 2.98. The van der Waals surface area contributed by atoms with Crippen LogP contribution in [0.3, 0.4) is 0 Å². The van der Waals surface area contributed by atoms with Gasteiger partial charge in [-0.05, 0) is 56.2 Å². The summed E-state index contributed by atoms with van der Waals surface area (Å²) in [4.78, 5) is 21.5. The third kappa shape index (κ3) is 2.92. The fourth-order valence-corrected chi connectivity index (χ4v) is 4.13. The lowest BCUT2D eigenvalue weighted by Gasteiger charge is -2.27. The number of hydrogen-bond acceptors (Lipinski definition) is 4. The number of thiophene rings is 1. The van der Waals surface area contributed by atoms with E-state index in [0.717, 1.165) is 28.0 Å². The Morgan fingerprint density at radius 1 is 1.26 bits per heavy atom. The van der Waals surface area contributed by atoms with Crippen LogP contribution in [0, 0.1) is 6.92 Å². The summed E-state index contributed by atoms with van der Waals surface area (Å²) in [5.74, 6) is -0.0865. The first-order valence-corrected chi connectivity index (χ1v) is 8.19. The first-order valence-electron chi connectivity index (χ1n) is 6.56. The Labute approximate surface area is 121 Å². The summed E-state index contributed by atoms with van der Waals surface area (Å²) in [5, 5.41) is 0.893. The van der Waals surface area contributed by atoms with E-state index in [0.29, 0.717) is 0 Å². The number of thioether (sulfide) groups is 1. The molecule has 3 nitrogen and oxygen atoms in total. The molecule has 0 radical (unpaired) electrons. The Balaban J connectivity index is 1.74. The van der Waals surface area contributed by atoms with Gasteiger partial charge in [0, 0.05) is 22.8 Å². The van der Waals surface area contributed by atoms with Gasteiger partial charge in [0.25, 0.3) is 5.91 Å². The number of likely N-dealkylation sites (tertiary alicyclic amines) is 1. The number of carbonyl (C=O) groups is 1. The lowest BCUT2D eigenvalue weighted by Crippen LogP contribution is -2.33. The monoisotopic (exact) mass is 292 g/mol. The van der Waals surface area contributed by atoms with E-state index in [1.165, 1.54) is 35.9 Å². The van der Waals surface area contributed by atoms with Crippen molar-refractivity contribution in [2.75, 3.05) is 13.1 Å². The molecule has 1 aromatic rings. The molecule has 0 unspecified atom stereocenters. The van der Waals surface area contributed by atoms with Gasteiger partial charge in [0.05, 0.1) is 4.91 Å². The van der Waals surface area contributed by atoms with Crippen molar-refractivity contribution in [3.63, 3.8) is 0 Å². The van der Waals surface area contributed by atoms with Gasteiger partial charge in [0.2, 0.25) is 0 Å². The lowest BCUT2D eigenvalue weighted by molar-refractivity contribution is -0.113. The van der Waals surface area contributed by atoms with Crippen LogP contribution in [0.25, 0.3) is 6.08 Å². The Morgan fingerprint density at radius 2 is 2.05 bits per heavy atom. The second kappa shape index (κ2) is 5.51. The van der Waals surface area contributed by atoms with Crippen molar-refractivity contribution in [2.24, 2.45) is 4.99 Å². The molecule has 2 aliphatic rings. The molecule has 1 fully saturated rings. The smallest absolute Gasteiger partial charge is 0.286 e. The second-order valence-electron chi connectivity index (χ2n) is 4.81. The number of piperidine rings is 1. The minimum Gasteiger partial charge on any atom is -0.351 e. The van der Waals surface area contributed by atoms with Crippen molar-refractivity contribution in [1.29, 1.82) is 0 Å². The maximum atomic E-state index is 11.9. The van der Waals surface area contributed by atoms with Crippen molar-refractivity contribution in [3.8, 4) is 0 Å². The standard InChI is InChI=1S/C14H16N2OS2/c1-10-5-6-11(18-10)9-12-13(17)15-14(19-12)16-7-3-2-4-8-16/h5-6,9H,2-4,7-8H2,1H3. The zero-order valence-corrected chi connectivity index (χ0v) is 12.5. The number of rotatable bonds is 1. The van der Waals surface area contributed by atoms with Crippen LogP contribution in [0.4, 0.5) is 0 Å². The van der Waals surface area contributed by atoms with Crippen molar-refractivity contribution in [2.45, 2.75) is 26.2 Å². The Hall–Kier alpha value is -1.07. The van der Waals surface area contributed by atoms with E-state index in [2.05, 4.69) is 28.9 Å². The number of amidine groups is 1. The molecule has 0 spiro atoms. The zero-order valence-electron chi connectivity index (χ0n) is 10.9. The van der Waals surface area contributed by atoms with Crippen LogP contribution in [0.2, 0.25) is 0 Å². The highest BCUT2D eigenvalue weighted by Gasteiger charge is 2.26. The number of amides is 1. The third-order valence-electron chi connectivity index (χ3n) is 3.27. The van der Waals surface area contributed by atoms with Gasteiger partial charge < -0.3 is 4.90 Å². The highest BCUT2D eigenvalue weighted by Crippen LogP contribution is 2.32. The average molecular weight is 292 g/mol. The maximum Gasteiger partial charge on any atom is 0.286 e. The van der Waals surface area contributed by atoms with Gasteiger partial charge in [0.15, 0.2) is 5.17 Å². The van der Waals surface area contributed by atoms with E-state index < -0.39 is 0 Å². The van der Waals surface area contributed by atoms with Gasteiger partial charge in [-0.3, -0.25) is 4.79 Å². The normalized spacial score (nSPS) is 22.2. The summed E-state index contributed by atoms with van der Waals surface area (Å²) in [6, 6.07) is 4.13. The second-order valence-corrected chi connectivity index (χ2v) is 7.13. The molecule has 1 saturated heterocycles. The lowest BCUT2D eigenvalue weighted by atomic mass is 10.1. The number of hydrogen-bond donors (Lipinski definition) is 0. The molecule has 0 aliphatic carbocycles. The highest BCUT2D eigenvalue weighted by atomic mass is 32.2. The van der Waals surface area contributed by atoms with Gasteiger partial charge in [-0.2, -0.15) is 4.99 Å². The molecule has 100 valence electrons. The number of carbonyl (C=O) groups excluding carboxylic acids is 1. The SMILES string of the molecule is Cc1ccc(C=C2SC(N3CCCCC3)=NC2=O)s1. The predicted molar refractivity (Wildman–Crippen MR) is 82.5 cm³/mol. The van der Waals surface area contributed by atoms with E-state index in [4.69, 9.17) is 0 Å². The fourth-order valence-electron chi connectivity index (χ4n) is 2.28. The number of aliphatic imine (C=N–C) groups is 1. The highest BCUT2D eigenvalue weighted by molar-refractivity contribution is 8.18. The van der Waals surface area contributed by atoms with Crippen molar-refractivity contribution in [1.82, 2.24) is 4.90 Å². The fraction of sp³-hybridized carbons (Fsp3) is 0.429. The van der Waals surface area contributed by atoms with Gasteiger partial charge in [-0.1, -0.05) is 0 Å². The number of aryl methyl sites for hydroxylation is 1. The molecule has 0 saturated carbocycles. The molecule has 5 heteroatoms. The molecular formula is C14H16N2OS2. The van der Waals surface area contributed by atoms with Crippen LogP contribution in [0.15, 0.2) is 22.0 Å². The molecule has 0 N–H and O–H groups in total. The summed E-state index contributed by atoms with van der Waals surface area (Å²) in [6.45, 7) is 4.14. The van der Waals surface area contributed by atoms with Gasteiger partial charge >= 0.3 is 0 Å². The molecule has 1 aromatic heterocycles. The molecule has 19 heavy (non-hydrogen) atoms. The number of nitrogens with zero attached hydrogens (tertiary/aromatic N) is 2. The van der Waals surface area contributed by atoms with Crippen LogP contribution in [-0.4, -0.2) is 29.1 Å². The van der Waals surface area contributed by atoms with E-state index in [9.17, 15) is 4.79 Å². The van der Waals surface area contributed by atoms with Crippen LogP contribution in [0.5, 0.6) is 0 Å². The summed E-state index contributed by atoms with van der Waals surface area (Å²) < 4.78 is 0. The van der Waals surface area contributed by atoms with Crippen molar-refractivity contribution >= 4 is 40.2 Å². The molecule has 3 heterocycles.